The van der Waals surface area contributed by atoms with E-state index in [0.717, 1.165) is 12.2 Å². The van der Waals surface area contributed by atoms with Crippen molar-refractivity contribution < 1.29 is 14.3 Å². The highest BCUT2D eigenvalue weighted by atomic mass is 32.2. The van der Waals surface area contributed by atoms with Crippen molar-refractivity contribution in [3.05, 3.63) is 23.8 Å². The minimum atomic E-state index is -0.310. The largest absolute Gasteiger partial charge is 0.481 e. The Kier molecular flexibility index (Phi) is 4.01. The highest BCUT2D eigenvalue weighted by Gasteiger charge is 2.18. The number of methoxy groups -OCH3 is 1. The van der Waals surface area contributed by atoms with Crippen LogP contribution in [0.1, 0.15) is 12.5 Å². The Balaban J connectivity index is 2.03. The number of rotatable bonds is 3. The average molecular weight is 267 g/mol. The smallest absolute Gasteiger partial charge is 0.409 e. The van der Waals surface area contributed by atoms with Gasteiger partial charge in [0.05, 0.1) is 12.0 Å². The minimum Gasteiger partial charge on any atom is -0.481 e. The molecular formula is C13H17NO3S. The van der Waals surface area contributed by atoms with Crippen molar-refractivity contribution >= 4 is 17.9 Å². The number of carbonyl (C=O) groups is 1. The van der Waals surface area contributed by atoms with Crippen LogP contribution in [0.4, 0.5) is 4.79 Å². The van der Waals surface area contributed by atoms with Gasteiger partial charge >= 0.3 is 6.09 Å². The monoisotopic (exact) mass is 267 g/mol. The molecule has 1 aromatic carbocycles. The zero-order chi connectivity index (χ0) is 13.1. The molecule has 1 heterocycles. The Labute approximate surface area is 111 Å². The van der Waals surface area contributed by atoms with Crippen LogP contribution < -0.4 is 4.74 Å². The highest BCUT2D eigenvalue weighted by molar-refractivity contribution is 7.99. The van der Waals surface area contributed by atoms with E-state index in [1.165, 1.54) is 17.6 Å². The lowest BCUT2D eigenvalue weighted by Gasteiger charge is -2.23. The lowest BCUT2D eigenvalue weighted by Crippen LogP contribution is -2.36. The van der Waals surface area contributed by atoms with Crippen molar-refractivity contribution in [2.45, 2.75) is 24.3 Å². The van der Waals surface area contributed by atoms with Gasteiger partial charge in [-0.3, -0.25) is 0 Å². The van der Waals surface area contributed by atoms with Gasteiger partial charge in [0.2, 0.25) is 0 Å². The fraction of sp³-hybridized carbons (Fsp3) is 0.462. The molecule has 0 aliphatic carbocycles. The van der Waals surface area contributed by atoms with Crippen LogP contribution in [0.5, 0.6) is 5.75 Å². The van der Waals surface area contributed by atoms with Crippen molar-refractivity contribution in [3.63, 3.8) is 0 Å². The van der Waals surface area contributed by atoms with Gasteiger partial charge in [0.25, 0.3) is 0 Å². The number of hydrogen-bond acceptors (Lipinski definition) is 4. The zero-order valence-corrected chi connectivity index (χ0v) is 11.6. The van der Waals surface area contributed by atoms with E-state index in [4.69, 9.17) is 9.47 Å². The van der Waals surface area contributed by atoms with E-state index in [0.29, 0.717) is 5.94 Å². The van der Waals surface area contributed by atoms with Crippen LogP contribution in [0.3, 0.4) is 0 Å². The van der Waals surface area contributed by atoms with Gasteiger partial charge in [-0.05, 0) is 31.0 Å². The molecule has 1 unspecified atom stereocenters. The van der Waals surface area contributed by atoms with Crippen molar-refractivity contribution in [1.29, 1.82) is 0 Å². The van der Waals surface area contributed by atoms with Crippen LogP contribution in [-0.2, 0) is 11.2 Å². The van der Waals surface area contributed by atoms with E-state index in [9.17, 15) is 4.79 Å². The first-order valence-electron chi connectivity index (χ1n) is 5.81. The van der Waals surface area contributed by atoms with Gasteiger partial charge in [0.15, 0.2) is 0 Å². The Morgan fingerprint density at radius 2 is 2.39 bits per heavy atom. The molecule has 18 heavy (non-hydrogen) atoms. The Morgan fingerprint density at radius 3 is 3.11 bits per heavy atom. The van der Waals surface area contributed by atoms with Crippen molar-refractivity contribution in [2.24, 2.45) is 0 Å². The summed E-state index contributed by atoms with van der Waals surface area (Å²) < 4.78 is 10.2. The fourth-order valence-electron chi connectivity index (χ4n) is 1.87. The number of fused-ring (bicyclic) bond motifs is 1. The molecule has 1 aliphatic rings. The highest BCUT2D eigenvalue weighted by Crippen LogP contribution is 2.36. The number of nitrogens with zero attached hydrogens (tertiary/aromatic N) is 1. The lowest BCUT2D eigenvalue weighted by molar-refractivity contribution is 0.120. The molecule has 1 aromatic rings. The van der Waals surface area contributed by atoms with Gasteiger partial charge in [-0.25, -0.2) is 4.79 Å². The van der Waals surface area contributed by atoms with Crippen LogP contribution in [0.15, 0.2) is 23.1 Å². The van der Waals surface area contributed by atoms with Crippen molar-refractivity contribution in [3.8, 4) is 5.75 Å². The lowest BCUT2D eigenvalue weighted by atomic mass is 10.1. The second-order valence-corrected chi connectivity index (χ2v) is 5.29. The van der Waals surface area contributed by atoms with Gasteiger partial charge in [-0.2, -0.15) is 0 Å². The average Bonchev–Trinajstić information content (AvgIpc) is 2.84. The Hall–Kier alpha value is -1.36. The van der Waals surface area contributed by atoms with Crippen LogP contribution in [-0.4, -0.2) is 37.1 Å². The topological polar surface area (TPSA) is 38.8 Å². The second kappa shape index (κ2) is 5.52. The molecule has 0 N–H and O–H groups in total. The number of benzene rings is 1. The van der Waals surface area contributed by atoms with Gasteiger partial charge in [-0.15, -0.1) is 0 Å². The predicted molar refractivity (Wildman–Crippen MR) is 71.1 cm³/mol. The quantitative estimate of drug-likeness (QED) is 0.844. The van der Waals surface area contributed by atoms with Gasteiger partial charge in [0.1, 0.15) is 11.7 Å². The number of thioether (sulfide) groups is 1. The van der Waals surface area contributed by atoms with E-state index < -0.39 is 0 Å². The summed E-state index contributed by atoms with van der Waals surface area (Å²) in [5, 5.41) is 0. The number of amides is 1. The summed E-state index contributed by atoms with van der Waals surface area (Å²) in [6.07, 6.45) is 0.475. The fourth-order valence-corrected chi connectivity index (χ4v) is 2.61. The number of likely N-dealkylation sites (N-methyl/N-ethyl adjacent to an activating group) is 1. The molecule has 5 heteroatoms. The van der Waals surface area contributed by atoms with Crippen molar-refractivity contribution in [2.75, 3.05) is 20.1 Å². The summed E-state index contributed by atoms with van der Waals surface area (Å²) in [4.78, 5) is 14.2. The molecule has 0 bridgehead atoms. The SMILES string of the molecule is COC(=O)N(C)C(C)Cc1ccc2c(c1)OCS2. The second-order valence-electron chi connectivity index (χ2n) is 4.32. The number of hydrogen-bond donors (Lipinski definition) is 0. The van der Waals surface area contributed by atoms with Crippen LogP contribution in [0, 0.1) is 0 Å². The first-order valence-corrected chi connectivity index (χ1v) is 6.79. The molecule has 1 atom stereocenters. The number of carbonyl (C=O) groups excluding carboxylic acids is 1. The summed E-state index contributed by atoms with van der Waals surface area (Å²) in [5.74, 6) is 1.64. The number of ether oxygens (including phenoxy) is 2. The molecule has 0 aromatic heterocycles. The van der Waals surface area contributed by atoms with E-state index in [2.05, 4.69) is 18.2 Å². The molecule has 0 saturated carbocycles. The molecule has 0 spiro atoms. The summed E-state index contributed by atoms with van der Waals surface area (Å²) in [6, 6.07) is 6.30. The molecule has 0 radical (unpaired) electrons. The van der Waals surface area contributed by atoms with Crippen LogP contribution >= 0.6 is 11.8 Å². The van der Waals surface area contributed by atoms with Gasteiger partial charge in [-0.1, -0.05) is 17.8 Å². The first kappa shape index (κ1) is 13.1. The van der Waals surface area contributed by atoms with E-state index in [1.54, 1.807) is 23.7 Å². The maximum atomic E-state index is 11.4. The summed E-state index contributed by atoms with van der Waals surface area (Å²) in [5.41, 5.74) is 1.17. The molecule has 1 aliphatic heterocycles. The third-order valence-corrected chi connectivity index (χ3v) is 3.98. The maximum Gasteiger partial charge on any atom is 0.409 e. The summed E-state index contributed by atoms with van der Waals surface area (Å²) in [6.45, 7) is 2.00. The normalized spacial score (nSPS) is 14.6. The van der Waals surface area contributed by atoms with Gasteiger partial charge < -0.3 is 14.4 Å². The third-order valence-electron chi connectivity index (χ3n) is 3.09. The maximum absolute atomic E-state index is 11.4. The molecule has 4 nitrogen and oxygen atoms in total. The standard InChI is InChI=1S/C13H17NO3S/c1-9(14(2)13(15)16-3)6-10-4-5-12-11(7-10)17-8-18-12/h4-5,7,9H,6,8H2,1-3H3. The van der Waals surface area contributed by atoms with E-state index in [1.807, 2.05) is 6.92 Å². The minimum absolute atomic E-state index is 0.0876. The summed E-state index contributed by atoms with van der Waals surface area (Å²) >= 11 is 1.70. The molecular weight excluding hydrogens is 250 g/mol. The van der Waals surface area contributed by atoms with Crippen LogP contribution in [0.25, 0.3) is 0 Å². The first-order chi connectivity index (χ1) is 8.61. The zero-order valence-electron chi connectivity index (χ0n) is 10.8. The van der Waals surface area contributed by atoms with E-state index in [-0.39, 0.29) is 12.1 Å². The van der Waals surface area contributed by atoms with E-state index >= 15 is 0 Å². The molecule has 2 rings (SSSR count). The molecule has 98 valence electrons. The Bertz CT molecular complexity index is 450. The third kappa shape index (κ3) is 2.72. The summed E-state index contributed by atoms with van der Waals surface area (Å²) in [7, 11) is 3.14. The predicted octanol–water partition coefficient (Wildman–Crippen LogP) is 2.76. The van der Waals surface area contributed by atoms with Crippen LogP contribution in [0.2, 0.25) is 0 Å². The molecule has 0 saturated heterocycles. The van der Waals surface area contributed by atoms with Crippen molar-refractivity contribution in [1.82, 2.24) is 4.90 Å². The molecule has 0 fully saturated rings. The van der Waals surface area contributed by atoms with Gasteiger partial charge in [0, 0.05) is 13.1 Å². The molecule has 1 amide bonds. The Morgan fingerprint density at radius 1 is 1.61 bits per heavy atom.